The zero-order valence-corrected chi connectivity index (χ0v) is 15.6. The monoisotopic (exact) mass is 454 g/mol. The summed E-state index contributed by atoms with van der Waals surface area (Å²) in [6.45, 7) is -1.73. The Morgan fingerprint density at radius 2 is 1.93 bits per heavy atom. The Labute approximate surface area is 168 Å². The van der Waals surface area contributed by atoms with Crippen molar-refractivity contribution >= 4 is 33.4 Å². The molecule has 1 spiro atoms. The van der Waals surface area contributed by atoms with Gasteiger partial charge in [-0.25, -0.2) is 4.79 Å². The van der Waals surface area contributed by atoms with Crippen LogP contribution in [0.1, 0.15) is 15.2 Å². The Bertz CT molecular complexity index is 1030. The maximum atomic E-state index is 13.3. The average molecular weight is 454 g/mol. The molecule has 2 fully saturated rings. The molecule has 2 saturated heterocycles. The van der Waals surface area contributed by atoms with Gasteiger partial charge in [0.05, 0.1) is 10.3 Å². The fourth-order valence-corrected chi connectivity index (χ4v) is 4.64. The Balaban J connectivity index is 1.70. The second-order valence-electron chi connectivity index (χ2n) is 6.99. The molecule has 162 valence electrons. The van der Waals surface area contributed by atoms with Crippen LogP contribution in [0.4, 0.5) is 31.1 Å². The van der Waals surface area contributed by atoms with Gasteiger partial charge >= 0.3 is 18.4 Å². The van der Waals surface area contributed by atoms with Crippen LogP contribution in [0.3, 0.4) is 0 Å². The number of alkyl halides is 6. The van der Waals surface area contributed by atoms with Crippen LogP contribution in [-0.4, -0.2) is 54.9 Å². The first kappa shape index (κ1) is 20.6. The van der Waals surface area contributed by atoms with Gasteiger partial charge in [0.15, 0.2) is 12.4 Å². The number of amides is 2. The Morgan fingerprint density at radius 3 is 2.50 bits per heavy atom. The highest BCUT2D eigenvalue weighted by Crippen LogP contribution is 2.45. The normalized spacial score (nSPS) is 18.3. The predicted molar refractivity (Wildman–Crippen MR) is 91.5 cm³/mol. The molecule has 2 aliphatic heterocycles. The zero-order valence-electron chi connectivity index (χ0n) is 14.8. The molecule has 30 heavy (non-hydrogen) atoms. The molecule has 2 aliphatic rings. The van der Waals surface area contributed by atoms with Crippen molar-refractivity contribution in [1.29, 1.82) is 0 Å². The summed E-state index contributed by atoms with van der Waals surface area (Å²) < 4.78 is 87.2. The van der Waals surface area contributed by atoms with Gasteiger partial charge < -0.3 is 19.7 Å². The lowest BCUT2D eigenvalue weighted by atomic mass is 9.91. The minimum absolute atomic E-state index is 0.0106. The topological polar surface area (TPSA) is 67.9 Å². The zero-order chi connectivity index (χ0) is 21.9. The number of fused-ring (bicyclic) bond motifs is 1. The summed E-state index contributed by atoms with van der Waals surface area (Å²) in [6, 6.07) is 2.99. The van der Waals surface area contributed by atoms with E-state index >= 15 is 0 Å². The van der Waals surface area contributed by atoms with Crippen LogP contribution in [-0.2, 0) is 10.9 Å². The molecule has 0 bridgehead atoms. The number of alkyl carbamates (subject to hydrolysis) is 1. The summed E-state index contributed by atoms with van der Waals surface area (Å²) in [5, 5.41) is 2.31. The number of carbonyl (C=O) groups excluding carboxylic acids is 2. The third-order valence-corrected chi connectivity index (χ3v) is 5.88. The van der Waals surface area contributed by atoms with Gasteiger partial charge in [0.25, 0.3) is 5.91 Å². The van der Waals surface area contributed by atoms with Crippen molar-refractivity contribution in [2.24, 2.45) is 0 Å². The maximum absolute atomic E-state index is 13.3. The maximum Gasteiger partial charge on any atom is 0.422 e. The quantitative estimate of drug-likeness (QED) is 0.717. The van der Waals surface area contributed by atoms with Crippen LogP contribution in [0.25, 0.3) is 10.1 Å². The molecule has 1 aromatic heterocycles. The van der Waals surface area contributed by atoms with E-state index in [1.165, 1.54) is 11.0 Å². The summed E-state index contributed by atoms with van der Waals surface area (Å²) >= 11 is 0.423. The number of hydrogen-bond acceptors (Lipinski definition) is 5. The highest BCUT2D eigenvalue weighted by molar-refractivity contribution is 7.21. The minimum Gasteiger partial charge on any atom is -0.482 e. The van der Waals surface area contributed by atoms with Crippen molar-refractivity contribution in [3.63, 3.8) is 0 Å². The number of thiophene rings is 1. The lowest BCUT2D eigenvalue weighted by Crippen LogP contribution is -2.69. The second-order valence-corrected chi connectivity index (χ2v) is 8.01. The molecule has 2 aromatic rings. The molecule has 0 aliphatic carbocycles. The smallest absolute Gasteiger partial charge is 0.422 e. The van der Waals surface area contributed by atoms with Gasteiger partial charge in [-0.3, -0.25) is 4.79 Å². The SMILES string of the molecule is O=C1NC2(CO1)CN(C(=O)c1sc3c(C(F)(F)F)cccc3c1OCC(F)(F)F)C2. The number of hydrogen-bond donors (Lipinski definition) is 1. The van der Waals surface area contributed by atoms with Crippen molar-refractivity contribution in [2.45, 2.75) is 17.9 Å². The van der Waals surface area contributed by atoms with Crippen molar-refractivity contribution in [3.05, 3.63) is 28.6 Å². The third-order valence-electron chi connectivity index (χ3n) is 4.67. The first-order valence-corrected chi connectivity index (χ1v) is 9.27. The van der Waals surface area contributed by atoms with Gasteiger partial charge in [-0.1, -0.05) is 6.07 Å². The van der Waals surface area contributed by atoms with Crippen LogP contribution >= 0.6 is 11.3 Å². The summed E-state index contributed by atoms with van der Waals surface area (Å²) in [5.41, 5.74) is -1.87. The number of nitrogens with zero attached hydrogens (tertiary/aromatic N) is 1. The van der Waals surface area contributed by atoms with E-state index in [0.717, 1.165) is 12.1 Å². The van der Waals surface area contributed by atoms with E-state index < -0.39 is 52.5 Å². The lowest BCUT2D eigenvalue weighted by Gasteiger charge is -2.45. The fraction of sp³-hybridized carbons (Fsp3) is 0.412. The third kappa shape index (κ3) is 3.61. The number of carbonyl (C=O) groups is 2. The van der Waals surface area contributed by atoms with Crippen LogP contribution < -0.4 is 10.1 Å². The first-order valence-electron chi connectivity index (χ1n) is 8.45. The van der Waals surface area contributed by atoms with Crippen LogP contribution in [0, 0.1) is 0 Å². The van der Waals surface area contributed by atoms with E-state index in [0.29, 0.717) is 11.3 Å². The van der Waals surface area contributed by atoms with E-state index in [9.17, 15) is 35.9 Å². The number of nitrogens with one attached hydrogen (secondary N) is 1. The molecule has 13 heteroatoms. The van der Waals surface area contributed by atoms with Crippen molar-refractivity contribution < 1.29 is 45.4 Å². The standard InChI is InChI=1S/C17H12F6N2O4S/c18-16(19,20)7-28-10-8-2-1-3-9(17(21,22)23)11(8)30-12(10)13(26)25-4-15(5-25)6-29-14(27)24-15/h1-3H,4-7H2,(H,24,27). The molecule has 1 N–H and O–H groups in total. The summed E-state index contributed by atoms with van der Waals surface area (Å²) in [5.74, 6) is -1.33. The summed E-state index contributed by atoms with van der Waals surface area (Å²) in [7, 11) is 0. The minimum atomic E-state index is -4.77. The fourth-order valence-electron chi connectivity index (χ4n) is 3.39. The molecule has 1 aromatic carbocycles. The van der Waals surface area contributed by atoms with E-state index in [1.807, 2.05) is 0 Å². The molecule has 0 unspecified atom stereocenters. The van der Waals surface area contributed by atoms with Gasteiger partial charge in [-0.05, 0) is 12.1 Å². The number of halogens is 6. The van der Waals surface area contributed by atoms with Crippen molar-refractivity contribution in [3.8, 4) is 5.75 Å². The number of ether oxygens (including phenoxy) is 2. The van der Waals surface area contributed by atoms with E-state index in [4.69, 9.17) is 9.47 Å². The predicted octanol–water partition coefficient (Wildman–Crippen LogP) is 3.80. The molecular weight excluding hydrogens is 442 g/mol. The lowest BCUT2D eigenvalue weighted by molar-refractivity contribution is -0.153. The van der Waals surface area contributed by atoms with E-state index in [-0.39, 0.29) is 30.0 Å². The van der Waals surface area contributed by atoms with E-state index in [1.54, 1.807) is 0 Å². The van der Waals surface area contributed by atoms with Gasteiger partial charge in [-0.15, -0.1) is 11.3 Å². The molecule has 6 nitrogen and oxygen atoms in total. The number of benzene rings is 1. The highest BCUT2D eigenvalue weighted by Gasteiger charge is 2.52. The molecule has 0 saturated carbocycles. The summed E-state index contributed by atoms with van der Waals surface area (Å²) in [4.78, 5) is 24.9. The van der Waals surface area contributed by atoms with Crippen molar-refractivity contribution in [2.75, 3.05) is 26.3 Å². The number of likely N-dealkylation sites (tertiary alicyclic amines) is 1. The van der Waals surface area contributed by atoms with Crippen LogP contribution in [0.5, 0.6) is 5.75 Å². The number of rotatable bonds is 3. The summed E-state index contributed by atoms with van der Waals surface area (Å²) in [6.07, 6.45) is -10.2. The van der Waals surface area contributed by atoms with Gasteiger partial charge in [0, 0.05) is 18.5 Å². The van der Waals surface area contributed by atoms with E-state index in [2.05, 4.69) is 5.32 Å². The highest BCUT2D eigenvalue weighted by atomic mass is 32.1. The second kappa shape index (κ2) is 6.65. The first-order chi connectivity index (χ1) is 13.9. The Morgan fingerprint density at radius 1 is 1.23 bits per heavy atom. The Kier molecular flexibility index (Phi) is 4.56. The average Bonchev–Trinajstić information content (AvgIpc) is 3.17. The largest absolute Gasteiger partial charge is 0.482 e. The van der Waals surface area contributed by atoms with Crippen molar-refractivity contribution in [1.82, 2.24) is 10.2 Å². The molecule has 4 rings (SSSR count). The number of cyclic esters (lactones) is 1. The Hall–Kier alpha value is -2.70. The van der Waals surface area contributed by atoms with Crippen LogP contribution in [0.2, 0.25) is 0 Å². The van der Waals surface area contributed by atoms with Gasteiger partial charge in [-0.2, -0.15) is 26.3 Å². The molecule has 0 atom stereocenters. The molecular formula is C17H12F6N2O4S. The van der Waals surface area contributed by atoms with Gasteiger partial charge in [0.1, 0.15) is 17.0 Å². The van der Waals surface area contributed by atoms with Crippen LogP contribution in [0.15, 0.2) is 18.2 Å². The molecule has 0 radical (unpaired) electrons. The van der Waals surface area contributed by atoms with Gasteiger partial charge in [0.2, 0.25) is 0 Å². The molecule has 3 heterocycles. The molecule has 2 amide bonds.